The number of rotatable bonds is 6. The summed E-state index contributed by atoms with van der Waals surface area (Å²) in [7, 11) is -4.29. The van der Waals surface area contributed by atoms with Gasteiger partial charge in [0, 0.05) is 12.6 Å². The molecule has 2 N–H and O–H groups in total. The van der Waals surface area contributed by atoms with Crippen molar-refractivity contribution >= 4 is 21.8 Å². The van der Waals surface area contributed by atoms with Crippen LogP contribution in [0.2, 0.25) is 0 Å². The van der Waals surface area contributed by atoms with Gasteiger partial charge in [0.05, 0.1) is 21.7 Å². The average molecular weight is 612 g/mol. The number of carbonyl (C=O) groups is 2. The van der Waals surface area contributed by atoms with Gasteiger partial charge in [-0.15, -0.1) is 0 Å². The zero-order chi connectivity index (χ0) is 30.6. The SMILES string of the molecule is Cc1ccc(-n2nc3c(c2C(=O)NS(=O)(=O)c2ccccc2)C(=O)N[C@@]2(CCc4cc(OCC(F)(F)F)ccc42)C3)nc1. The number of pyridine rings is 1. The number of amides is 2. The number of benzene rings is 2. The van der Waals surface area contributed by atoms with Gasteiger partial charge in [0.25, 0.3) is 21.8 Å². The zero-order valence-corrected chi connectivity index (χ0v) is 23.4. The lowest BCUT2D eigenvalue weighted by molar-refractivity contribution is -0.153. The van der Waals surface area contributed by atoms with Crippen LogP contribution in [0.1, 0.15) is 49.7 Å². The van der Waals surface area contributed by atoms with Crippen molar-refractivity contribution in [2.45, 2.75) is 42.8 Å². The third-order valence-electron chi connectivity index (χ3n) is 7.43. The molecular formula is C29H24F3N5O5S. The Morgan fingerprint density at radius 3 is 2.60 bits per heavy atom. The summed E-state index contributed by atoms with van der Waals surface area (Å²) in [5, 5.41) is 7.56. The molecule has 222 valence electrons. The van der Waals surface area contributed by atoms with Crippen LogP contribution in [0.5, 0.6) is 5.75 Å². The predicted molar refractivity (Wildman–Crippen MR) is 146 cm³/mol. The van der Waals surface area contributed by atoms with Crippen molar-refractivity contribution in [1.82, 2.24) is 24.8 Å². The Kier molecular flexibility index (Phi) is 6.75. The molecule has 0 saturated heterocycles. The molecule has 43 heavy (non-hydrogen) atoms. The van der Waals surface area contributed by atoms with E-state index in [1.807, 2.05) is 11.6 Å². The Bertz CT molecular complexity index is 1860. The molecule has 0 unspecified atom stereocenters. The minimum atomic E-state index is -4.48. The maximum absolute atomic E-state index is 13.7. The van der Waals surface area contributed by atoms with Crippen molar-refractivity contribution in [3.63, 3.8) is 0 Å². The summed E-state index contributed by atoms with van der Waals surface area (Å²) >= 11 is 0. The highest BCUT2D eigenvalue weighted by atomic mass is 32.2. The summed E-state index contributed by atoms with van der Waals surface area (Å²) in [4.78, 5) is 31.5. The number of carbonyl (C=O) groups excluding carboxylic acids is 2. The number of nitrogens with zero attached hydrogens (tertiary/aromatic N) is 3. The van der Waals surface area contributed by atoms with E-state index in [0.717, 1.165) is 15.8 Å². The molecule has 2 aromatic carbocycles. The standard InChI is InChI=1S/C29H24F3N5O5S/c1-17-7-10-23(33-15-17)37-25(27(39)36-43(40,41)20-5-3-2-4-6-20)24-22(35-37)14-28(34-26(24)38)12-11-18-13-19(8-9-21(18)28)42-16-29(30,31)32/h2-10,13,15H,11-12,14,16H2,1H3,(H,34,38)(H,36,39)/t28-/m0/s1. The molecule has 0 bridgehead atoms. The number of hydrogen-bond donors (Lipinski definition) is 2. The number of sulfonamides is 1. The zero-order valence-electron chi connectivity index (χ0n) is 22.6. The highest BCUT2D eigenvalue weighted by Gasteiger charge is 2.47. The van der Waals surface area contributed by atoms with Crippen molar-refractivity contribution in [2.75, 3.05) is 6.61 Å². The van der Waals surface area contributed by atoms with E-state index < -0.39 is 40.2 Å². The number of hydrogen-bond acceptors (Lipinski definition) is 7. The number of nitrogens with one attached hydrogen (secondary N) is 2. The van der Waals surface area contributed by atoms with Crippen LogP contribution in [0.3, 0.4) is 0 Å². The number of aryl methyl sites for hydroxylation is 2. The van der Waals surface area contributed by atoms with Crippen LogP contribution in [-0.4, -0.2) is 47.8 Å². The monoisotopic (exact) mass is 611 g/mol. The average Bonchev–Trinajstić information content (AvgIpc) is 3.51. The van der Waals surface area contributed by atoms with Crippen LogP contribution in [0, 0.1) is 6.92 Å². The van der Waals surface area contributed by atoms with Crippen LogP contribution in [0.25, 0.3) is 5.82 Å². The number of halogens is 3. The molecule has 6 rings (SSSR count). The Hall–Kier alpha value is -4.72. The predicted octanol–water partition coefficient (Wildman–Crippen LogP) is 3.76. The van der Waals surface area contributed by atoms with E-state index in [9.17, 15) is 31.2 Å². The third-order valence-corrected chi connectivity index (χ3v) is 8.78. The Morgan fingerprint density at radius 1 is 1.14 bits per heavy atom. The van der Waals surface area contributed by atoms with Gasteiger partial charge in [-0.2, -0.15) is 18.3 Å². The maximum Gasteiger partial charge on any atom is 0.422 e. The summed E-state index contributed by atoms with van der Waals surface area (Å²) in [6.45, 7) is 0.394. The largest absolute Gasteiger partial charge is 0.484 e. The Balaban J connectivity index is 1.39. The molecular weight excluding hydrogens is 587 g/mol. The fourth-order valence-electron chi connectivity index (χ4n) is 5.52. The summed E-state index contributed by atoms with van der Waals surface area (Å²) in [6.07, 6.45) is -1.91. The quantitative estimate of drug-likeness (QED) is 0.339. The minimum Gasteiger partial charge on any atom is -0.484 e. The second-order valence-corrected chi connectivity index (χ2v) is 12.1. The fourth-order valence-corrected chi connectivity index (χ4v) is 6.49. The first-order valence-corrected chi connectivity index (χ1v) is 14.7. The van der Waals surface area contributed by atoms with E-state index in [1.54, 1.807) is 30.5 Å². The normalized spacial score (nSPS) is 17.7. The number of alkyl halides is 3. The molecule has 3 heterocycles. The molecule has 4 aromatic rings. The summed E-state index contributed by atoms with van der Waals surface area (Å²) in [5.74, 6) is -1.46. The maximum atomic E-state index is 13.7. The lowest BCUT2D eigenvalue weighted by atomic mass is 9.82. The molecule has 1 aliphatic heterocycles. The van der Waals surface area contributed by atoms with Gasteiger partial charge in [0.15, 0.2) is 12.4 Å². The van der Waals surface area contributed by atoms with Gasteiger partial charge in [0.2, 0.25) is 0 Å². The Labute approximate surface area is 243 Å². The van der Waals surface area contributed by atoms with E-state index >= 15 is 0 Å². The second-order valence-electron chi connectivity index (χ2n) is 10.5. The van der Waals surface area contributed by atoms with E-state index in [2.05, 4.69) is 15.4 Å². The van der Waals surface area contributed by atoms with Crippen molar-refractivity contribution in [3.8, 4) is 11.6 Å². The van der Waals surface area contributed by atoms with E-state index in [4.69, 9.17) is 4.74 Å². The fraction of sp³-hybridized carbons (Fsp3) is 0.241. The van der Waals surface area contributed by atoms with Gasteiger partial charge >= 0.3 is 6.18 Å². The number of aromatic nitrogens is 3. The van der Waals surface area contributed by atoms with Crippen molar-refractivity contribution in [2.24, 2.45) is 0 Å². The molecule has 2 amide bonds. The van der Waals surface area contributed by atoms with Crippen molar-refractivity contribution in [1.29, 1.82) is 0 Å². The smallest absolute Gasteiger partial charge is 0.422 e. The molecule has 1 aliphatic carbocycles. The van der Waals surface area contributed by atoms with Gasteiger partial charge in [0.1, 0.15) is 11.4 Å². The highest BCUT2D eigenvalue weighted by molar-refractivity contribution is 7.90. The van der Waals surface area contributed by atoms with Crippen LogP contribution in [0.15, 0.2) is 71.8 Å². The lowest BCUT2D eigenvalue weighted by Crippen LogP contribution is -2.50. The van der Waals surface area contributed by atoms with Crippen molar-refractivity contribution in [3.05, 3.63) is 101 Å². The summed E-state index contributed by atoms with van der Waals surface area (Å²) in [6, 6.07) is 15.2. The summed E-state index contributed by atoms with van der Waals surface area (Å²) < 4.78 is 72.0. The third kappa shape index (κ3) is 5.33. The molecule has 1 atom stereocenters. The van der Waals surface area contributed by atoms with E-state index in [0.29, 0.717) is 18.4 Å². The van der Waals surface area contributed by atoms with Gasteiger partial charge in [-0.05, 0) is 66.8 Å². The van der Waals surface area contributed by atoms with Gasteiger partial charge in [-0.1, -0.05) is 30.3 Å². The highest BCUT2D eigenvalue weighted by Crippen LogP contribution is 2.44. The van der Waals surface area contributed by atoms with Crippen LogP contribution >= 0.6 is 0 Å². The Morgan fingerprint density at radius 2 is 1.91 bits per heavy atom. The number of ether oxygens (including phenoxy) is 1. The van der Waals surface area contributed by atoms with Gasteiger partial charge in [-0.25, -0.2) is 22.8 Å². The lowest BCUT2D eigenvalue weighted by Gasteiger charge is -2.35. The molecule has 14 heteroatoms. The van der Waals surface area contributed by atoms with Crippen LogP contribution in [0.4, 0.5) is 13.2 Å². The molecule has 0 fully saturated rings. The van der Waals surface area contributed by atoms with Gasteiger partial charge < -0.3 is 10.1 Å². The van der Waals surface area contributed by atoms with Crippen molar-refractivity contribution < 1.29 is 35.9 Å². The first kappa shape index (κ1) is 28.4. The molecule has 2 aliphatic rings. The van der Waals surface area contributed by atoms with Crippen LogP contribution < -0.4 is 14.8 Å². The first-order valence-electron chi connectivity index (χ1n) is 13.2. The van der Waals surface area contributed by atoms with Gasteiger partial charge in [-0.3, -0.25) is 9.59 Å². The molecule has 10 nitrogen and oxygen atoms in total. The van der Waals surface area contributed by atoms with E-state index in [1.165, 1.54) is 36.4 Å². The number of fused-ring (bicyclic) bond motifs is 3. The molecule has 1 spiro atoms. The molecule has 2 aromatic heterocycles. The second kappa shape index (κ2) is 10.2. The summed E-state index contributed by atoms with van der Waals surface area (Å²) in [5.41, 5.74) is 1.17. The van der Waals surface area contributed by atoms with E-state index in [-0.39, 0.29) is 39.8 Å². The molecule has 0 radical (unpaired) electrons. The molecule has 0 saturated carbocycles. The topological polar surface area (TPSA) is 132 Å². The van der Waals surface area contributed by atoms with Crippen LogP contribution in [-0.2, 0) is 28.4 Å². The first-order chi connectivity index (χ1) is 20.4. The minimum absolute atomic E-state index is 0.0595.